The van der Waals surface area contributed by atoms with Crippen molar-refractivity contribution >= 4 is 55.2 Å². The zero-order chi connectivity index (χ0) is 9.42. The van der Waals surface area contributed by atoms with E-state index in [0.717, 1.165) is 20.8 Å². The molecule has 13 heavy (non-hydrogen) atoms. The highest BCUT2D eigenvalue weighted by Crippen LogP contribution is 2.35. The quantitative estimate of drug-likeness (QED) is 0.715. The second-order valence-corrected chi connectivity index (χ2v) is 4.92. The number of fused-ring (bicyclic) bond motifs is 1. The Hall–Kier alpha value is -0.380. The predicted octanol–water partition coefficient (Wildman–Crippen LogP) is 4.13. The van der Waals surface area contributed by atoms with Gasteiger partial charge in [-0.1, -0.05) is 33.6 Å². The average molecular weight is 276 g/mol. The van der Waals surface area contributed by atoms with Crippen molar-refractivity contribution in [2.24, 2.45) is 0 Å². The molecule has 0 saturated heterocycles. The van der Waals surface area contributed by atoms with E-state index in [1.165, 1.54) is 11.3 Å². The molecule has 2 aromatic rings. The van der Waals surface area contributed by atoms with Gasteiger partial charge < -0.3 is 0 Å². The second-order valence-electron chi connectivity index (χ2n) is 2.54. The van der Waals surface area contributed by atoms with Crippen molar-refractivity contribution in [3.8, 4) is 0 Å². The number of thiophene rings is 1. The molecule has 1 aromatic heterocycles. The molecule has 0 spiro atoms. The van der Waals surface area contributed by atoms with Gasteiger partial charge in [0, 0.05) is 14.6 Å². The Balaban J connectivity index is 2.83. The summed E-state index contributed by atoms with van der Waals surface area (Å²) in [5.41, 5.74) is 0. The number of benzene rings is 1. The summed E-state index contributed by atoms with van der Waals surface area (Å²) < 4.78 is 2.02. The van der Waals surface area contributed by atoms with E-state index in [9.17, 15) is 4.79 Å². The van der Waals surface area contributed by atoms with E-state index in [-0.39, 0.29) is 0 Å². The fourth-order valence-corrected chi connectivity index (χ4v) is 2.98. The normalized spacial score (nSPS) is 10.6. The van der Waals surface area contributed by atoms with Crippen LogP contribution in [0.4, 0.5) is 0 Å². The molecule has 0 saturated carbocycles. The highest BCUT2D eigenvalue weighted by molar-refractivity contribution is 9.10. The van der Waals surface area contributed by atoms with Crippen LogP contribution in [0.15, 0.2) is 22.7 Å². The molecule has 1 nitrogen and oxygen atoms in total. The van der Waals surface area contributed by atoms with Gasteiger partial charge in [-0.05, 0) is 12.1 Å². The lowest BCUT2D eigenvalue weighted by Crippen LogP contribution is -1.69. The Morgan fingerprint density at radius 3 is 2.92 bits per heavy atom. The van der Waals surface area contributed by atoms with Crippen LogP contribution in [-0.2, 0) is 0 Å². The summed E-state index contributed by atoms with van der Waals surface area (Å²) in [6, 6.07) is 5.78. The maximum atomic E-state index is 10.6. The fourth-order valence-electron chi connectivity index (χ4n) is 1.13. The number of carbonyl (C=O) groups excluding carboxylic acids is 1. The van der Waals surface area contributed by atoms with Crippen LogP contribution >= 0.6 is 38.9 Å². The van der Waals surface area contributed by atoms with Crippen LogP contribution in [-0.4, -0.2) is 6.29 Å². The van der Waals surface area contributed by atoms with Gasteiger partial charge in [0.05, 0.1) is 9.90 Å². The van der Waals surface area contributed by atoms with E-state index in [4.69, 9.17) is 11.6 Å². The maximum absolute atomic E-state index is 10.6. The van der Waals surface area contributed by atoms with E-state index >= 15 is 0 Å². The number of hydrogen-bond donors (Lipinski definition) is 0. The van der Waals surface area contributed by atoms with Gasteiger partial charge in [-0.25, -0.2) is 0 Å². The minimum absolute atomic E-state index is 0.558. The predicted molar refractivity (Wildman–Crippen MR) is 59.9 cm³/mol. The molecular weight excluding hydrogens is 272 g/mol. The van der Waals surface area contributed by atoms with Gasteiger partial charge in [0.2, 0.25) is 0 Å². The van der Waals surface area contributed by atoms with Crippen LogP contribution < -0.4 is 0 Å². The van der Waals surface area contributed by atoms with Gasteiger partial charge in [0.15, 0.2) is 6.29 Å². The van der Waals surface area contributed by atoms with Gasteiger partial charge in [-0.2, -0.15) is 0 Å². The zero-order valence-electron chi connectivity index (χ0n) is 6.38. The second kappa shape index (κ2) is 3.40. The molecular formula is C9H4BrClOS. The lowest BCUT2D eigenvalue weighted by Gasteiger charge is -1.90. The topological polar surface area (TPSA) is 17.1 Å². The van der Waals surface area contributed by atoms with Crippen molar-refractivity contribution in [1.29, 1.82) is 0 Å². The fraction of sp³-hybridized carbons (Fsp3) is 0. The van der Waals surface area contributed by atoms with Gasteiger partial charge in [0.25, 0.3) is 0 Å². The van der Waals surface area contributed by atoms with Crippen molar-refractivity contribution in [2.45, 2.75) is 0 Å². The van der Waals surface area contributed by atoms with Crippen LogP contribution in [0.5, 0.6) is 0 Å². The molecule has 0 atom stereocenters. The largest absolute Gasteiger partial charge is 0.297 e. The molecule has 1 aromatic carbocycles. The monoisotopic (exact) mass is 274 g/mol. The van der Waals surface area contributed by atoms with E-state index in [1.54, 1.807) is 0 Å². The Kier molecular flexibility index (Phi) is 2.41. The first-order chi connectivity index (χ1) is 6.22. The molecule has 0 aliphatic rings. The molecule has 1 heterocycles. The lowest BCUT2D eigenvalue weighted by molar-refractivity contribution is 0.112. The molecule has 0 unspecified atom stereocenters. The van der Waals surface area contributed by atoms with Crippen LogP contribution in [0.25, 0.3) is 10.1 Å². The molecule has 0 N–H and O–H groups in total. The number of carbonyl (C=O) groups is 1. The van der Waals surface area contributed by atoms with E-state index in [1.807, 2.05) is 18.2 Å². The summed E-state index contributed by atoms with van der Waals surface area (Å²) in [5.74, 6) is 0. The smallest absolute Gasteiger partial charge is 0.161 e. The summed E-state index contributed by atoms with van der Waals surface area (Å²) in [7, 11) is 0. The van der Waals surface area contributed by atoms with E-state index in [0.29, 0.717) is 9.90 Å². The van der Waals surface area contributed by atoms with Gasteiger partial charge >= 0.3 is 0 Å². The molecule has 66 valence electrons. The first-order valence-electron chi connectivity index (χ1n) is 3.55. The summed E-state index contributed by atoms with van der Waals surface area (Å²) >= 11 is 10.7. The third-order valence-electron chi connectivity index (χ3n) is 1.72. The first kappa shape index (κ1) is 9.19. The summed E-state index contributed by atoms with van der Waals surface area (Å²) in [6.45, 7) is 0. The van der Waals surface area contributed by atoms with Crippen molar-refractivity contribution in [3.63, 3.8) is 0 Å². The van der Waals surface area contributed by atoms with Gasteiger partial charge in [-0.15, -0.1) is 11.3 Å². The molecule has 0 aliphatic carbocycles. The Morgan fingerprint density at radius 2 is 2.23 bits per heavy atom. The molecule has 0 radical (unpaired) electrons. The lowest BCUT2D eigenvalue weighted by atomic mass is 10.2. The Labute approximate surface area is 92.5 Å². The van der Waals surface area contributed by atoms with Crippen LogP contribution in [0.1, 0.15) is 9.67 Å². The molecule has 4 heteroatoms. The molecule has 0 amide bonds. The summed E-state index contributed by atoms with van der Waals surface area (Å²) in [6.07, 6.45) is 0.793. The van der Waals surface area contributed by atoms with Crippen molar-refractivity contribution in [3.05, 3.63) is 32.6 Å². The molecule has 0 aliphatic heterocycles. The van der Waals surface area contributed by atoms with Crippen molar-refractivity contribution in [2.75, 3.05) is 0 Å². The van der Waals surface area contributed by atoms with Crippen LogP contribution in [0, 0.1) is 0 Å². The highest BCUT2D eigenvalue weighted by atomic mass is 79.9. The number of rotatable bonds is 1. The molecule has 0 fully saturated rings. The van der Waals surface area contributed by atoms with Gasteiger partial charge in [-0.3, -0.25) is 4.79 Å². The number of halogens is 2. The van der Waals surface area contributed by atoms with E-state index < -0.39 is 0 Å². The number of hydrogen-bond acceptors (Lipinski definition) is 2. The Bertz CT molecular complexity index is 478. The van der Waals surface area contributed by atoms with Crippen molar-refractivity contribution < 1.29 is 4.79 Å². The summed E-state index contributed by atoms with van der Waals surface area (Å²) in [4.78, 5) is 11.2. The van der Waals surface area contributed by atoms with Crippen LogP contribution in [0.2, 0.25) is 5.02 Å². The van der Waals surface area contributed by atoms with Gasteiger partial charge in [0.1, 0.15) is 0 Å². The molecule has 2 rings (SSSR count). The SMILES string of the molecule is O=Cc1sc2cc(Br)ccc2c1Cl. The van der Waals surface area contributed by atoms with E-state index in [2.05, 4.69) is 15.9 Å². The number of aldehydes is 1. The minimum Gasteiger partial charge on any atom is -0.297 e. The third kappa shape index (κ3) is 1.52. The molecule has 0 bridgehead atoms. The maximum Gasteiger partial charge on any atom is 0.161 e. The standard InChI is InChI=1S/C9H4BrClOS/c10-5-1-2-6-7(3-5)13-8(4-12)9(6)11/h1-4H. The van der Waals surface area contributed by atoms with Crippen LogP contribution in [0.3, 0.4) is 0 Å². The Morgan fingerprint density at radius 1 is 1.46 bits per heavy atom. The minimum atomic E-state index is 0.558. The third-order valence-corrected chi connectivity index (χ3v) is 3.81. The zero-order valence-corrected chi connectivity index (χ0v) is 9.54. The average Bonchev–Trinajstić information content (AvgIpc) is 2.42. The van der Waals surface area contributed by atoms with Crippen molar-refractivity contribution in [1.82, 2.24) is 0 Å². The highest BCUT2D eigenvalue weighted by Gasteiger charge is 2.08. The summed E-state index contributed by atoms with van der Waals surface area (Å²) in [5, 5.41) is 1.50. The first-order valence-corrected chi connectivity index (χ1v) is 5.54.